The van der Waals surface area contributed by atoms with Crippen LogP contribution in [0.3, 0.4) is 0 Å². The monoisotopic (exact) mass is 801 g/mol. The number of allylic oxidation sites excluding steroid dienone is 2. The van der Waals surface area contributed by atoms with E-state index in [0.29, 0.717) is 6.42 Å². The number of rotatable bonds is 44. The lowest BCUT2D eigenvalue weighted by atomic mass is 10.0. The molecule has 326 valence electrons. The maximum atomic E-state index is 12.4. The molecule has 0 rings (SSSR count). The number of hydrogen-bond acceptors (Lipinski definition) is 6. The number of phosphoric acid groups is 1. The molecular formula is C46H89O8P. The summed E-state index contributed by atoms with van der Waals surface area (Å²) in [5.74, 6) is -0.870. The van der Waals surface area contributed by atoms with Crippen LogP contribution in [0.4, 0.5) is 0 Å². The van der Waals surface area contributed by atoms with Gasteiger partial charge in [0.05, 0.1) is 6.61 Å². The zero-order valence-corrected chi connectivity index (χ0v) is 37.0. The molecule has 8 nitrogen and oxygen atoms in total. The minimum Gasteiger partial charge on any atom is -0.462 e. The van der Waals surface area contributed by atoms with Crippen molar-refractivity contribution in [1.29, 1.82) is 0 Å². The standard InChI is InChI=1S/C46H89O8P/c1-3-5-7-9-11-13-15-17-19-21-22-23-24-25-27-28-30-32-34-36-38-40-45(47)52-42-44(43-53-55(49,50)51)54-46(48)41-39-37-35-33-31-29-26-20-18-16-14-12-10-8-6-4-2/h17,19,44H,3-16,18,20-43H2,1-2H3,(H2,49,50,51)/b19-17+/t44-/m1/s1. The van der Waals surface area contributed by atoms with Crippen LogP contribution in [-0.2, 0) is 28.2 Å². The van der Waals surface area contributed by atoms with E-state index in [1.807, 2.05) is 0 Å². The van der Waals surface area contributed by atoms with Gasteiger partial charge in [0.15, 0.2) is 6.10 Å². The first-order valence-electron chi connectivity index (χ1n) is 23.5. The van der Waals surface area contributed by atoms with Crippen molar-refractivity contribution < 1.29 is 37.9 Å². The van der Waals surface area contributed by atoms with Gasteiger partial charge in [-0.3, -0.25) is 14.1 Å². The van der Waals surface area contributed by atoms with Crippen LogP contribution in [-0.4, -0.2) is 41.0 Å². The van der Waals surface area contributed by atoms with Gasteiger partial charge in [-0.15, -0.1) is 0 Å². The Morgan fingerprint density at radius 1 is 0.455 bits per heavy atom. The summed E-state index contributed by atoms with van der Waals surface area (Å²) in [6, 6.07) is 0. The molecule has 9 heteroatoms. The fraction of sp³-hybridized carbons (Fsp3) is 0.913. The zero-order chi connectivity index (χ0) is 40.3. The molecular weight excluding hydrogens is 711 g/mol. The van der Waals surface area contributed by atoms with Crippen molar-refractivity contribution in [3.8, 4) is 0 Å². The van der Waals surface area contributed by atoms with Gasteiger partial charge in [0.2, 0.25) is 0 Å². The summed E-state index contributed by atoms with van der Waals surface area (Å²) >= 11 is 0. The summed E-state index contributed by atoms with van der Waals surface area (Å²) < 4.78 is 26.5. The first-order chi connectivity index (χ1) is 26.8. The van der Waals surface area contributed by atoms with Gasteiger partial charge in [-0.05, 0) is 38.5 Å². The van der Waals surface area contributed by atoms with Gasteiger partial charge in [-0.2, -0.15) is 0 Å². The molecule has 0 aromatic heterocycles. The molecule has 0 saturated heterocycles. The minimum absolute atomic E-state index is 0.218. The molecule has 0 aromatic carbocycles. The number of esters is 2. The van der Waals surface area contributed by atoms with Crippen molar-refractivity contribution in [3.63, 3.8) is 0 Å². The van der Waals surface area contributed by atoms with E-state index in [4.69, 9.17) is 19.3 Å². The summed E-state index contributed by atoms with van der Waals surface area (Å²) in [6.07, 6.45) is 47.9. The summed E-state index contributed by atoms with van der Waals surface area (Å²) in [7, 11) is -4.75. The van der Waals surface area contributed by atoms with Crippen molar-refractivity contribution in [2.75, 3.05) is 13.2 Å². The zero-order valence-electron chi connectivity index (χ0n) is 36.1. The Kier molecular flexibility index (Phi) is 41.5. The third-order valence-corrected chi connectivity index (χ3v) is 11.0. The molecule has 0 bridgehead atoms. The number of carbonyl (C=O) groups is 2. The van der Waals surface area contributed by atoms with Crippen LogP contribution < -0.4 is 0 Å². The second-order valence-corrected chi connectivity index (χ2v) is 17.3. The number of hydrogen-bond donors (Lipinski definition) is 2. The maximum Gasteiger partial charge on any atom is 0.469 e. The maximum absolute atomic E-state index is 12.4. The van der Waals surface area contributed by atoms with Gasteiger partial charge < -0.3 is 19.3 Å². The fourth-order valence-corrected chi connectivity index (χ4v) is 7.38. The molecule has 0 aliphatic heterocycles. The first kappa shape index (κ1) is 53.8. The van der Waals surface area contributed by atoms with Gasteiger partial charge in [0.25, 0.3) is 0 Å². The molecule has 0 heterocycles. The molecule has 2 N–H and O–H groups in total. The molecule has 1 atom stereocenters. The Balaban J connectivity index is 3.81. The SMILES string of the molecule is CCCCCCCC/C=C/CCCCCCCCCCCCCC(=O)OC[C@H](COP(=O)(O)O)OC(=O)CCCCCCCCCCCCCCCCCC. The lowest BCUT2D eigenvalue weighted by Crippen LogP contribution is -2.29. The fourth-order valence-electron chi connectivity index (χ4n) is 7.02. The Morgan fingerprint density at radius 2 is 0.764 bits per heavy atom. The number of phosphoric ester groups is 1. The predicted molar refractivity (Wildman–Crippen MR) is 230 cm³/mol. The Bertz CT molecular complexity index is 904. The van der Waals surface area contributed by atoms with E-state index in [2.05, 4.69) is 30.5 Å². The summed E-state index contributed by atoms with van der Waals surface area (Å²) in [5, 5.41) is 0. The van der Waals surface area contributed by atoms with Crippen molar-refractivity contribution in [3.05, 3.63) is 12.2 Å². The van der Waals surface area contributed by atoms with Crippen LogP contribution in [0.15, 0.2) is 12.2 Å². The van der Waals surface area contributed by atoms with Gasteiger partial charge >= 0.3 is 19.8 Å². The van der Waals surface area contributed by atoms with E-state index in [-0.39, 0.29) is 19.4 Å². The third kappa shape index (κ3) is 45.4. The molecule has 0 unspecified atom stereocenters. The van der Waals surface area contributed by atoms with Crippen molar-refractivity contribution in [2.45, 2.75) is 258 Å². The molecule has 0 amide bonds. The molecule has 0 aromatic rings. The smallest absolute Gasteiger partial charge is 0.462 e. The average molecular weight is 801 g/mol. The Morgan fingerprint density at radius 3 is 1.11 bits per heavy atom. The Labute approximate surface area is 339 Å². The number of ether oxygens (including phenoxy) is 2. The van der Waals surface area contributed by atoms with Crippen LogP contribution in [0.5, 0.6) is 0 Å². The van der Waals surface area contributed by atoms with Crippen molar-refractivity contribution in [2.24, 2.45) is 0 Å². The van der Waals surface area contributed by atoms with E-state index >= 15 is 0 Å². The molecule has 0 aliphatic carbocycles. The second-order valence-electron chi connectivity index (χ2n) is 16.1. The molecule has 55 heavy (non-hydrogen) atoms. The van der Waals surface area contributed by atoms with Gasteiger partial charge in [-0.25, -0.2) is 4.57 Å². The van der Waals surface area contributed by atoms with Crippen LogP contribution >= 0.6 is 7.82 Å². The van der Waals surface area contributed by atoms with Crippen LogP contribution in [0.25, 0.3) is 0 Å². The number of unbranched alkanes of at least 4 members (excludes halogenated alkanes) is 32. The van der Waals surface area contributed by atoms with Gasteiger partial charge in [0, 0.05) is 12.8 Å². The van der Waals surface area contributed by atoms with Crippen molar-refractivity contribution in [1.82, 2.24) is 0 Å². The number of carbonyl (C=O) groups excluding carboxylic acids is 2. The predicted octanol–water partition coefficient (Wildman–Crippen LogP) is 14.6. The van der Waals surface area contributed by atoms with E-state index in [0.717, 1.165) is 32.1 Å². The molecule has 0 radical (unpaired) electrons. The highest BCUT2D eigenvalue weighted by atomic mass is 31.2. The van der Waals surface area contributed by atoms with E-state index in [9.17, 15) is 14.2 Å². The quantitative estimate of drug-likeness (QED) is 0.0271. The van der Waals surface area contributed by atoms with Crippen LogP contribution in [0.2, 0.25) is 0 Å². The average Bonchev–Trinajstić information content (AvgIpc) is 3.16. The van der Waals surface area contributed by atoms with E-state index in [1.165, 1.54) is 186 Å². The molecule has 0 fully saturated rings. The summed E-state index contributed by atoms with van der Waals surface area (Å²) in [5.41, 5.74) is 0. The van der Waals surface area contributed by atoms with E-state index in [1.54, 1.807) is 0 Å². The minimum atomic E-state index is -4.75. The normalized spacial score (nSPS) is 12.4. The van der Waals surface area contributed by atoms with E-state index < -0.39 is 32.5 Å². The lowest BCUT2D eigenvalue weighted by molar-refractivity contribution is -0.161. The topological polar surface area (TPSA) is 119 Å². The van der Waals surface area contributed by atoms with Crippen LogP contribution in [0, 0.1) is 0 Å². The molecule has 0 spiro atoms. The third-order valence-electron chi connectivity index (χ3n) is 10.5. The van der Waals surface area contributed by atoms with Gasteiger partial charge in [-0.1, -0.05) is 212 Å². The summed E-state index contributed by atoms with van der Waals surface area (Å²) in [6.45, 7) is 3.72. The molecule has 0 aliphatic rings. The second kappa shape index (κ2) is 42.4. The molecule has 0 saturated carbocycles. The Hall–Kier alpha value is -1.21. The highest BCUT2D eigenvalue weighted by Gasteiger charge is 2.23. The van der Waals surface area contributed by atoms with Gasteiger partial charge in [0.1, 0.15) is 6.61 Å². The lowest BCUT2D eigenvalue weighted by Gasteiger charge is -2.18. The largest absolute Gasteiger partial charge is 0.469 e. The van der Waals surface area contributed by atoms with Crippen molar-refractivity contribution >= 4 is 19.8 Å². The first-order valence-corrected chi connectivity index (χ1v) is 25.0. The summed E-state index contributed by atoms with van der Waals surface area (Å²) in [4.78, 5) is 43.0. The highest BCUT2D eigenvalue weighted by molar-refractivity contribution is 7.46. The van der Waals surface area contributed by atoms with Crippen LogP contribution in [0.1, 0.15) is 251 Å². The highest BCUT2D eigenvalue weighted by Crippen LogP contribution is 2.36.